The van der Waals surface area contributed by atoms with Crippen molar-refractivity contribution in [3.05, 3.63) is 71.1 Å². The topological polar surface area (TPSA) is 118 Å². The first-order chi connectivity index (χ1) is 15.0. The van der Waals surface area contributed by atoms with E-state index in [0.29, 0.717) is 5.17 Å². The number of aliphatic hydroxyl groups excluding tert-OH is 4. The van der Waals surface area contributed by atoms with E-state index in [1.807, 2.05) is 64.9 Å². The Kier molecular flexibility index (Phi) is 6.61. The van der Waals surface area contributed by atoms with Crippen molar-refractivity contribution in [1.29, 1.82) is 0 Å². The van der Waals surface area contributed by atoms with Gasteiger partial charge >= 0.3 is 0 Å². The van der Waals surface area contributed by atoms with Crippen molar-refractivity contribution < 1.29 is 25.2 Å². The first kappa shape index (κ1) is 21.8. The third-order valence-electron chi connectivity index (χ3n) is 5.34. The zero-order valence-corrected chi connectivity index (χ0v) is 17.7. The lowest BCUT2D eigenvalue weighted by Crippen LogP contribution is -2.61. The standard InChI is InChI=1S/C22H25N3O5S/c1-30-15-9-7-14(8-10-15)20-23-21(19(29)18(28)17(27)11-26)25-16(12-31-22(25)24-20)13-5-3-2-4-6-13/h2-10,12,17-21,23,26-29H,11H2,1H3/t17-,18-,19-,20-,21+/m1/s1. The van der Waals surface area contributed by atoms with E-state index >= 15 is 0 Å². The number of amidine groups is 1. The molecule has 0 radical (unpaired) electrons. The summed E-state index contributed by atoms with van der Waals surface area (Å²) in [4.78, 5) is 6.62. The summed E-state index contributed by atoms with van der Waals surface area (Å²) in [6.07, 6.45) is -5.71. The minimum Gasteiger partial charge on any atom is -0.497 e. The summed E-state index contributed by atoms with van der Waals surface area (Å²) in [7, 11) is 1.60. The molecule has 2 aromatic rings. The Balaban J connectivity index is 1.70. The molecule has 0 unspecified atom stereocenters. The number of fused-ring (bicyclic) bond motifs is 1. The third-order valence-corrected chi connectivity index (χ3v) is 6.20. The quantitative estimate of drug-likeness (QED) is 0.432. The van der Waals surface area contributed by atoms with E-state index in [0.717, 1.165) is 22.6 Å². The second-order valence-corrected chi connectivity index (χ2v) is 8.12. The summed E-state index contributed by atoms with van der Waals surface area (Å²) in [5, 5.41) is 46.4. The second-order valence-electron chi connectivity index (χ2n) is 7.29. The zero-order chi connectivity index (χ0) is 22.0. The number of aliphatic imine (C=N–C) groups is 1. The second kappa shape index (κ2) is 9.39. The fourth-order valence-corrected chi connectivity index (χ4v) is 4.58. The van der Waals surface area contributed by atoms with Crippen LogP contribution in [0.25, 0.3) is 5.70 Å². The average molecular weight is 444 g/mol. The number of rotatable bonds is 7. The lowest BCUT2D eigenvalue weighted by atomic mass is 10.0. The molecule has 164 valence electrons. The van der Waals surface area contributed by atoms with Crippen LogP contribution in [0.3, 0.4) is 0 Å². The third kappa shape index (κ3) is 4.33. The van der Waals surface area contributed by atoms with Crippen LogP contribution >= 0.6 is 11.8 Å². The van der Waals surface area contributed by atoms with Crippen molar-refractivity contribution in [3.63, 3.8) is 0 Å². The van der Waals surface area contributed by atoms with Crippen LogP contribution in [0.5, 0.6) is 5.75 Å². The SMILES string of the molecule is COc1ccc([C@H]2N=C3SC=C(c4ccccc4)N3[C@@H]([C@H](O)[C@H](O)[C@H](O)CO)N2)cc1. The number of hydrogen-bond acceptors (Lipinski definition) is 9. The van der Waals surface area contributed by atoms with Crippen LogP contribution < -0.4 is 10.1 Å². The molecule has 2 heterocycles. The van der Waals surface area contributed by atoms with Crippen molar-refractivity contribution in [1.82, 2.24) is 10.2 Å². The summed E-state index contributed by atoms with van der Waals surface area (Å²) in [6.45, 7) is -0.663. The Morgan fingerprint density at radius 3 is 2.45 bits per heavy atom. The summed E-state index contributed by atoms with van der Waals surface area (Å²) in [5.41, 5.74) is 2.61. The lowest BCUT2D eigenvalue weighted by molar-refractivity contribution is -0.0988. The molecule has 0 aliphatic carbocycles. The van der Waals surface area contributed by atoms with Crippen LogP contribution in [-0.2, 0) is 0 Å². The molecule has 0 saturated heterocycles. The molecule has 4 rings (SSSR count). The van der Waals surface area contributed by atoms with Crippen LogP contribution in [0.1, 0.15) is 17.3 Å². The molecule has 0 aromatic heterocycles. The van der Waals surface area contributed by atoms with E-state index in [4.69, 9.17) is 9.73 Å². The fourth-order valence-electron chi connectivity index (χ4n) is 3.62. The number of methoxy groups -OCH3 is 1. The van der Waals surface area contributed by atoms with E-state index < -0.39 is 37.3 Å². The van der Waals surface area contributed by atoms with E-state index in [1.54, 1.807) is 7.11 Å². The highest BCUT2D eigenvalue weighted by molar-refractivity contribution is 8.16. The molecule has 5 atom stereocenters. The lowest BCUT2D eigenvalue weighted by Gasteiger charge is -2.42. The summed E-state index contributed by atoms with van der Waals surface area (Å²) < 4.78 is 5.22. The molecule has 2 aromatic carbocycles. The van der Waals surface area contributed by atoms with Gasteiger partial charge in [0.2, 0.25) is 0 Å². The highest BCUT2D eigenvalue weighted by Crippen LogP contribution is 2.40. The molecule has 2 aliphatic rings. The van der Waals surface area contributed by atoms with Crippen LogP contribution in [-0.4, -0.2) is 68.7 Å². The van der Waals surface area contributed by atoms with Crippen molar-refractivity contribution in [3.8, 4) is 5.75 Å². The number of thioether (sulfide) groups is 1. The van der Waals surface area contributed by atoms with Crippen molar-refractivity contribution in [2.24, 2.45) is 4.99 Å². The van der Waals surface area contributed by atoms with Gasteiger partial charge in [-0.3, -0.25) is 5.32 Å². The van der Waals surface area contributed by atoms with Gasteiger partial charge in [0.15, 0.2) is 5.17 Å². The number of aliphatic hydroxyl groups is 4. The number of hydrogen-bond donors (Lipinski definition) is 5. The summed E-state index contributed by atoms with van der Waals surface area (Å²) >= 11 is 1.43. The van der Waals surface area contributed by atoms with Crippen LogP contribution in [0.15, 0.2) is 65.0 Å². The summed E-state index contributed by atoms with van der Waals surface area (Å²) in [5.74, 6) is 0.718. The molecule has 5 N–H and O–H groups in total. The molecule has 0 spiro atoms. The van der Waals surface area contributed by atoms with Crippen LogP contribution in [0.2, 0.25) is 0 Å². The van der Waals surface area contributed by atoms with E-state index in [9.17, 15) is 20.4 Å². The van der Waals surface area contributed by atoms with Gasteiger partial charge in [0.05, 0.1) is 19.4 Å². The normalized spacial score (nSPS) is 23.5. The smallest absolute Gasteiger partial charge is 0.171 e. The summed E-state index contributed by atoms with van der Waals surface area (Å²) in [6, 6.07) is 17.1. The largest absolute Gasteiger partial charge is 0.497 e. The molecular formula is C22H25N3O5S. The molecule has 0 fully saturated rings. The van der Waals surface area contributed by atoms with Gasteiger partial charge in [-0.2, -0.15) is 0 Å². The first-order valence-electron chi connectivity index (χ1n) is 9.88. The maximum atomic E-state index is 11.0. The maximum Gasteiger partial charge on any atom is 0.171 e. The van der Waals surface area contributed by atoms with Crippen LogP contribution in [0.4, 0.5) is 0 Å². The first-order valence-corrected chi connectivity index (χ1v) is 10.8. The Bertz CT molecular complexity index is 953. The maximum absolute atomic E-state index is 11.0. The zero-order valence-electron chi connectivity index (χ0n) is 16.9. The molecule has 31 heavy (non-hydrogen) atoms. The highest BCUT2D eigenvalue weighted by atomic mass is 32.2. The Morgan fingerprint density at radius 1 is 1.10 bits per heavy atom. The molecule has 0 saturated carbocycles. The highest BCUT2D eigenvalue weighted by Gasteiger charge is 2.43. The van der Waals surface area contributed by atoms with E-state index in [-0.39, 0.29) is 0 Å². The van der Waals surface area contributed by atoms with Crippen LogP contribution in [0, 0.1) is 0 Å². The molecule has 9 heteroatoms. The molecule has 0 amide bonds. The number of benzene rings is 2. The Hall–Kier alpha value is -2.40. The van der Waals surface area contributed by atoms with E-state index in [2.05, 4.69) is 5.32 Å². The number of ether oxygens (including phenoxy) is 1. The average Bonchev–Trinajstić information content (AvgIpc) is 3.26. The predicted octanol–water partition coefficient (Wildman–Crippen LogP) is 1.10. The molecule has 0 bridgehead atoms. The van der Waals surface area contributed by atoms with Gasteiger partial charge in [-0.05, 0) is 23.3 Å². The van der Waals surface area contributed by atoms with Gasteiger partial charge in [-0.1, -0.05) is 54.2 Å². The van der Waals surface area contributed by atoms with Gasteiger partial charge in [-0.15, -0.1) is 0 Å². The molecule has 8 nitrogen and oxygen atoms in total. The Morgan fingerprint density at radius 2 is 1.81 bits per heavy atom. The van der Waals surface area contributed by atoms with Gasteiger partial charge in [0, 0.05) is 5.41 Å². The molecule has 2 aliphatic heterocycles. The van der Waals surface area contributed by atoms with Crippen molar-refractivity contribution in [2.75, 3.05) is 13.7 Å². The molecular weight excluding hydrogens is 418 g/mol. The Labute approximate surface area is 184 Å². The van der Waals surface area contributed by atoms with Crippen molar-refractivity contribution in [2.45, 2.75) is 30.6 Å². The minimum absolute atomic E-state index is 0.480. The van der Waals surface area contributed by atoms with Gasteiger partial charge in [0.25, 0.3) is 0 Å². The van der Waals surface area contributed by atoms with Crippen molar-refractivity contribution >= 4 is 22.6 Å². The predicted molar refractivity (Wildman–Crippen MR) is 119 cm³/mol. The van der Waals surface area contributed by atoms with Gasteiger partial charge in [0.1, 0.15) is 36.4 Å². The number of nitrogens with one attached hydrogen (secondary N) is 1. The van der Waals surface area contributed by atoms with Gasteiger partial charge < -0.3 is 30.1 Å². The van der Waals surface area contributed by atoms with E-state index in [1.165, 1.54) is 11.8 Å². The number of nitrogens with zero attached hydrogens (tertiary/aromatic N) is 2. The fraction of sp³-hybridized carbons (Fsp3) is 0.318. The monoisotopic (exact) mass is 443 g/mol. The van der Waals surface area contributed by atoms with Gasteiger partial charge in [-0.25, -0.2) is 4.99 Å². The minimum atomic E-state index is -1.55.